The van der Waals surface area contributed by atoms with Gasteiger partial charge in [-0.2, -0.15) is 0 Å². The highest BCUT2D eigenvalue weighted by Gasteiger charge is 2.30. The maximum absolute atomic E-state index is 12.8. The van der Waals surface area contributed by atoms with E-state index in [4.69, 9.17) is 0 Å². The molecule has 4 rings (SSSR count). The predicted octanol–water partition coefficient (Wildman–Crippen LogP) is 1.39. The summed E-state index contributed by atoms with van der Waals surface area (Å²) >= 11 is 0. The van der Waals surface area contributed by atoms with Crippen molar-refractivity contribution < 1.29 is 9.59 Å². The van der Waals surface area contributed by atoms with Gasteiger partial charge in [0.05, 0.1) is 12.6 Å². The van der Waals surface area contributed by atoms with Crippen LogP contribution in [0.25, 0.3) is 0 Å². The van der Waals surface area contributed by atoms with Crippen molar-refractivity contribution in [3.63, 3.8) is 0 Å². The molecule has 33 heavy (non-hydrogen) atoms. The number of guanidine groups is 1. The van der Waals surface area contributed by atoms with Crippen LogP contribution in [0.4, 0.5) is 0 Å². The summed E-state index contributed by atoms with van der Waals surface area (Å²) in [4.78, 5) is 38.3. The van der Waals surface area contributed by atoms with E-state index in [1.165, 1.54) is 11.1 Å². The minimum Gasteiger partial charge on any atom is -0.347 e. The number of carbonyl (C=O) groups excluding carboxylic acids is 2. The Bertz CT molecular complexity index is 849. The molecule has 3 aliphatic rings. The SMILES string of the molecule is CN=C(NCC(=O)N1CCc2ccccc2C1)N1CCN(C(C)C(=O)N2CCCC2)CC1.I. The van der Waals surface area contributed by atoms with E-state index in [0.29, 0.717) is 6.54 Å². The zero-order valence-corrected chi connectivity index (χ0v) is 22.2. The molecule has 3 aliphatic heterocycles. The standard InChI is InChI=1S/C24H36N6O2.HI/c1-19(23(32)28-10-5-6-11-28)27-13-15-29(16-14-27)24(25-2)26-17-22(31)30-12-9-20-7-3-4-8-21(20)18-30;/h3-4,7-8,19H,5-6,9-18H2,1-2H3,(H,25,26);1H. The number of hydrogen-bond donors (Lipinski definition) is 1. The lowest BCUT2D eigenvalue weighted by Gasteiger charge is -2.39. The predicted molar refractivity (Wildman–Crippen MR) is 141 cm³/mol. The lowest BCUT2D eigenvalue weighted by molar-refractivity contribution is -0.136. The molecule has 1 aromatic carbocycles. The fourth-order valence-electron chi connectivity index (χ4n) is 4.99. The molecule has 0 aromatic heterocycles. The molecule has 3 heterocycles. The summed E-state index contributed by atoms with van der Waals surface area (Å²) in [7, 11) is 1.76. The second kappa shape index (κ2) is 12.0. The van der Waals surface area contributed by atoms with E-state index < -0.39 is 0 Å². The van der Waals surface area contributed by atoms with Gasteiger partial charge in [-0.15, -0.1) is 24.0 Å². The van der Waals surface area contributed by atoms with E-state index in [1.807, 2.05) is 22.8 Å². The van der Waals surface area contributed by atoms with Gasteiger partial charge in [0.1, 0.15) is 0 Å². The zero-order valence-electron chi connectivity index (χ0n) is 19.8. The summed E-state index contributed by atoms with van der Waals surface area (Å²) < 4.78 is 0. The number of nitrogens with zero attached hydrogens (tertiary/aromatic N) is 5. The fraction of sp³-hybridized carbons (Fsp3) is 0.625. The summed E-state index contributed by atoms with van der Waals surface area (Å²) in [6.45, 7) is 8.74. The summed E-state index contributed by atoms with van der Waals surface area (Å²) in [6.07, 6.45) is 3.15. The van der Waals surface area contributed by atoms with Crippen molar-refractivity contribution in [3.8, 4) is 0 Å². The first-order valence-corrected chi connectivity index (χ1v) is 11.9. The van der Waals surface area contributed by atoms with Gasteiger partial charge in [0.25, 0.3) is 0 Å². The zero-order chi connectivity index (χ0) is 22.5. The minimum atomic E-state index is -0.0752. The van der Waals surface area contributed by atoms with Gasteiger partial charge in [-0.1, -0.05) is 24.3 Å². The first-order chi connectivity index (χ1) is 15.6. The molecule has 1 N–H and O–H groups in total. The Hall–Kier alpha value is -1.88. The second-order valence-corrected chi connectivity index (χ2v) is 8.97. The summed E-state index contributed by atoms with van der Waals surface area (Å²) in [5, 5.41) is 3.26. The Morgan fingerprint density at radius 2 is 1.61 bits per heavy atom. The molecule has 1 unspecified atom stereocenters. The third-order valence-corrected chi connectivity index (χ3v) is 7.03. The average Bonchev–Trinajstić information content (AvgIpc) is 3.38. The third-order valence-electron chi connectivity index (χ3n) is 7.03. The number of rotatable bonds is 4. The molecule has 2 saturated heterocycles. The van der Waals surface area contributed by atoms with E-state index in [9.17, 15) is 9.59 Å². The van der Waals surface area contributed by atoms with Crippen molar-refractivity contribution in [2.45, 2.75) is 38.8 Å². The van der Waals surface area contributed by atoms with Crippen molar-refractivity contribution in [3.05, 3.63) is 35.4 Å². The van der Waals surface area contributed by atoms with Crippen LogP contribution in [0.1, 0.15) is 30.9 Å². The van der Waals surface area contributed by atoms with Crippen LogP contribution < -0.4 is 5.32 Å². The molecule has 1 aromatic rings. The molecule has 0 spiro atoms. The number of nitrogens with one attached hydrogen (secondary N) is 1. The van der Waals surface area contributed by atoms with Gasteiger partial charge in [0, 0.05) is 59.4 Å². The number of halogens is 1. The molecule has 0 bridgehead atoms. The van der Waals surface area contributed by atoms with Crippen LogP contribution in [-0.4, -0.2) is 103 Å². The van der Waals surface area contributed by atoms with Crippen molar-refractivity contribution in [1.29, 1.82) is 0 Å². The molecule has 2 fully saturated rings. The van der Waals surface area contributed by atoms with Crippen molar-refractivity contribution >= 4 is 41.8 Å². The minimum absolute atomic E-state index is 0. The van der Waals surface area contributed by atoms with Crippen LogP contribution in [0.5, 0.6) is 0 Å². The highest BCUT2D eigenvalue weighted by Crippen LogP contribution is 2.18. The van der Waals surface area contributed by atoms with Crippen molar-refractivity contribution in [1.82, 2.24) is 24.9 Å². The van der Waals surface area contributed by atoms with Crippen LogP contribution in [0.2, 0.25) is 0 Å². The molecule has 182 valence electrons. The highest BCUT2D eigenvalue weighted by atomic mass is 127. The number of likely N-dealkylation sites (tertiary alicyclic amines) is 1. The number of benzene rings is 1. The molecule has 2 amide bonds. The van der Waals surface area contributed by atoms with Gasteiger partial charge in [-0.25, -0.2) is 0 Å². The number of piperazine rings is 1. The molecular weight excluding hydrogens is 531 g/mol. The Labute approximate surface area is 214 Å². The lowest BCUT2D eigenvalue weighted by Crippen LogP contribution is -2.57. The van der Waals surface area contributed by atoms with Gasteiger partial charge < -0.3 is 20.0 Å². The lowest BCUT2D eigenvalue weighted by atomic mass is 10.00. The first kappa shape index (κ1) is 25.7. The average molecular weight is 569 g/mol. The van der Waals surface area contributed by atoms with E-state index in [-0.39, 0.29) is 48.4 Å². The van der Waals surface area contributed by atoms with Crippen LogP contribution in [0.3, 0.4) is 0 Å². The Morgan fingerprint density at radius 3 is 2.27 bits per heavy atom. The Balaban J connectivity index is 0.00000306. The van der Waals surface area contributed by atoms with Crippen molar-refractivity contribution in [2.75, 3.05) is 59.4 Å². The van der Waals surface area contributed by atoms with Crippen LogP contribution in [0, 0.1) is 0 Å². The van der Waals surface area contributed by atoms with Gasteiger partial charge in [-0.05, 0) is 37.3 Å². The normalized spacial score (nSPS) is 20.2. The second-order valence-electron chi connectivity index (χ2n) is 8.97. The van der Waals surface area contributed by atoms with E-state index in [2.05, 4.69) is 38.3 Å². The fourth-order valence-corrected chi connectivity index (χ4v) is 4.99. The largest absolute Gasteiger partial charge is 0.347 e. The van der Waals surface area contributed by atoms with Crippen LogP contribution in [0.15, 0.2) is 29.3 Å². The van der Waals surface area contributed by atoms with Crippen molar-refractivity contribution in [2.24, 2.45) is 4.99 Å². The number of fused-ring (bicyclic) bond motifs is 1. The molecule has 0 saturated carbocycles. The summed E-state index contributed by atoms with van der Waals surface area (Å²) in [5.41, 5.74) is 2.58. The number of aliphatic imine (C=N–C) groups is 1. The van der Waals surface area contributed by atoms with E-state index >= 15 is 0 Å². The van der Waals surface area contributed by atoms with Gasteiger partial charge in [0.2, 0.25) is 11.8 Å². The molecule has 8 nitrogen and oxygen atoms in total. The monoisotopic (exact) mass is 568 g/mol. The summed E-state index contributed by atoms with van der Waals surface area (Å²) in [5.74, 6) is 1.12. The molecule has 9 heteroatoms. The molecular formula is C24H37IN6O2. The number of carbonyl (C=O) groups is 2. The van der Waals surface area contributed by atoms with Gasteiger partial charge >= 0.3 is 0 Å². The van der Waals surface area contributed by atoms with Crippen LogP contribution in [-0.2, 0) is 22.6 Å². The smallest absolute Gasteiger partial charge is 0.242 e. The molecule has 0 radical (unpaired) electrons. The van der Waals surface area contributed by atoms with E-state index in [1.54, 1.807) is 7.05 Å². The van der Waals surface area contributed by atoms with Gasteiger partial charge in [-0.3, -0.25) is 19.5 Å². The first-order valence-electron chi connectivity index (χ1n) is 11.9. The van der Waals surface area contributed by atoms with Gasteiger partial charge in [0.15, 0.2) is 5.96 Å². The maximum atomic E-state index is 12.8. The highest BCUT2D eigenvalue weighted by molar-refractivity contribution is 14.0. The van der Waals surface area contributed by atoms with E-state index in [0.717, 1.165) is 71.0 Å². The van der Waals surface area contributed by atoms with Crippen LogP contribution >= 0.6 is 24.0 Å². The Morgan fingerprint density at radius 1 is 0.939 bits per heavy atom. The molecule has 0 aliphatic carbocycles. The molecule has 1 atom stereocenters. The maximum Gasteiger partial charge on any atom is 0.242 e. The topological polar surface area (TPSA) is 71.5 Å². The Kier molecular flexibility index (Phi) is 9.37. The number of hydrogen-bond acceptors (Lipinski definition) is 4. The number of amides is 2. The third kappa shape index (κ3) is 6.17. The summed E-state index contributed by atoms with van der Waals surface area (Å²) in [6, 6.07) is 8.28. The quantitative estimate of drug-likeness (QED) is 0.338.